The molecule has 24 heavy (non-hydrogen) atoms. The number of ether oxygens (including phenoxy) is 1. The zero-order chi connectivity index (χ0) is 17.9. The third-order valence-corrected chi connectivity index (χ3v) is 5.07. The Labute approximate surface area is 146 Å². The molecule has 2 rings (SSSR count). The van der Waals surface area contributed by atoms with Crippen molar-refractivity contribution in [2.45, 2.75) is 32.8 Å². The summed E-state index contributed by atoms with van der Waals surface area (Å²) in [6.45, 7) is 6.96. The predicted octanol–water partition coefficient (Wildman–Crippen LogP) is 1.52. The first-order chi connectivity index (χ1) is 11.2. The lowest BCUT2D eigenvalue weighted by Crippen LogP contribution is -2.53. The maximum absolute atomic E-state index is 12.7. The molecule has 136 valence electrons. The second-order valence-electron chi connectivity index (χ2n) is 7.29. The zero-order valence-corrected chi connectivity index (χ0v) is 15.3. The molecule has 1 N–H and O–H groups in total. The molecule has 2 aliphatic heterocycles. The van der Waals surface area contributed by atoms with Gasteiger partial charge < -0.3 is 19.6 Å². The second-order valence-corrected chi connectivity index (χ2v) is 8.52. The smallest absolute Gasteiger partial charge is 0.410 e. The van der Waals surface area contributed by atoms with Crippen molar-refractivity contribution >= 4 is 29.7 Å². The maximum atomic E-state index is 12.7. The van der Waals surface area contributed by atoms with Gasteiger partial charge in [-0.3, -0.25) is 9.59 Å². The van der Waals surface area contributed by atoms with Crippen molar-refractivity contribution in [3.05, 3.63) is 0 Å². The van der Waals surface area contributed by atoms with Crippen molar-refractivity contribution in [1.29, 1.82) is 0 Å². The largest absolute Gasteiger partial charge is 0.481 e. The topological polar surface area (TPSA) is 87.1 Å². The van der Waals surface area contributed by atoms with E-state index < -0.39 is 29.5 Å². The molecule has 0 aromatic rings. The molecule has 2 amide bonds. The lowest BCUT2D eigenvalue weighted by molar-refractivity contribution is -0.146. The summed E-state index contributed by atoms with van der Waals surface area (Å²) in [5, 5.41) is 9.37. The molecule has 7 nitrogen and oxygen atoms in total. The van der Waals surface area contributed by atoms with E-state index in [1.165, 1.54) is 4.90 Å². The number of nitrogens with zero attached hydrogens (tertiary/aromatic N) is 2. The van der Waals surface area contributed by atoms with Gasteiger partial charge in [0.05, 0.1) is 11.8 Å². The van der Waals surface area contributed by atoms with Crippen LogP contribution in [-0.4, -0.2) is 76.2 Å². The van der Waals surface area contributed by atoms with Crippen LogP contribution >= 0.6 is 11.8 Å². The average Bonchev–Trinajstić information content (AvgIpc) is 2.53. The number of rotatable bonds is 2. The molecular weight excluding hydrogens is 332 g/mol. The van der Waals surface area contributed by atoms with Gasteiger partial charge in [-0.25, -0.2) is 4.79 Å². The first-order valence-electron chi connectivity index (χ1n) is 8.24. The van der Waals surface area contributed by atoms with Gasteiger partial charge in [-0.2, -0.15) is 11.8 Å². The van der Waals surface area contributed by atoms with Gasteiger partial charge in [-0.15, -0.1) is 0 Å². The molecule has 0 aromatic heterocycles. The van der Waals surface area contributed by atoms with Crippen molar-refractivity contribution < 1.29 is 24.2 Å². The van der Waals surface area contributed by atoms with Gasteiger partial charge in [0.2, 0.25) is 5.91 Å². The molecule has 0 saturated carbocycles. The zero-order valence-electron chi connectivity index (χ0n) is 14.5. The number of carboxylic acid groups (broad SMARTS) is 1. The van der Waals surface area contributed by atoms with Crippen LogP contribution in [0.3, 0.4) is 0 Å². The van der Waals surface area contributed by atoms with E-state index >= 15 is 0 Å². The van der Waals surface area contributed by atoms with E-state index in [1.54, 1.807) is 25.7 Å². The van der Waals surface area contributed by atoms with E-state index in [2.05, 4.69) is 0 Å². The standard InChI is InChI=1S/C16H26N2O5S/c1-16(2,3)23-15(22)18-9-11(8-12(10-18)14(20)21)13(19)17-4-6-24-7-5-17/h11-12H,4-10H2,1-3H3,(H,20,21)/t11-,12+/m1/s1. The molecule has 0 bridgehead atoms. The Bertz CT molecular complexity index is 499. The van der Waals surface area contributed by atoms with Crippen LogP contribution in [-0.2, 0) is 14.3 Å². The fourth-order valence-corrected chi connectivity index (χ4v) is 3.88. The third kappa shape index (κ3) is 5.03. The lowest BCUT2D eigenvalue weighted by Gasteiger charge is -2.38. The van der Waals surface area contributed by atoms with Crippen LogP contribution in [0.25, 0.3) is 0 Å². The SMILES string of the molecule is CC(C)(C)OC(=O)N1C[C@@H](C(=O)O)C[C@@H](C(=O)N2CCSCC2)C1. The van der Waals surface area contributed by atoms with E-state index in [1.807, 2.05) is 11.8 Å². The summed E-state index contributed by atoms with van der Waals surface area (Å²) in [5.41, 5.74) is -0.656. The van der Waals surface area contributed by atoms with Gasteiger partial charge in [0.25, 0.3) is 0 Å². The number of hydrogen-bond acceptors (Lipinski definition) is 5. The molecule has 2 saturated heterocycles. The van der Waals surface area contributed by atoms with Gasteiger partial charge in [-0.05, 0) is 27.2 Å². The minimum atomic E-state index is -0.977. The Morgan fingerprint density at radius 3 is 2.17 bits per heavy atom. The molecular formula is C16H26N2O5S. The van der Waals surface area contributed by atoms with Crippen molar-refractivity contribution in [1.82, 2.24) is 9.80 Å². The second kappa shape index (κ2) is 7.63. The number of piperidine rings is 1. The van der Waals surface area contributed by atoms with Gasteiger partial charge in [-0.1, -0.05) is 0 Å². The number of hydrogen-bond donors (Lipinski definition) is 1. The number of carbonyl (C=O) groups is 3. The average molecular weight is 358 g/mol. The van der Waals surface area contributed by atoms with E-state index in [4.69, 9.17) is 4.74 Å². The highest BCUT2D eigenvalue weighted by Crippen LogP contribution is 2.26. The number of carbonyl (C=O) groups excluding carboxylic acids is 2. The maximum Gasteiger partial charge on any atom is 0.410 e. The normalized spacial score (nSPS) is 25.3. The highest BCUT2D eigenvalue weighted by atomic mass is 32.2. The molecule has 8 heteroatoms. The Morgan fingerprint density at radius 1 is 1.04 bits per heavy atom. The highest BCUT2D eigenvalue weighted by molar-refractivity contribution is 7.99. The first-order valence-corrected chi connectivity index (χ1v) is 9.40. The molecule has 0 aliphatic carbocycles. The Hall–Kier alpha value is -1.44. The number of carboxylic acids is 1. The molecule has 2 aliphatic rings. The Balaban J connectivity index is 2.08. The minimum absolute atomic E-state index is 0.0465. The summed E-state index contributed by atoms with van der Waals surface area (Å²) in [5.74, 6) is -0.437. The molecule has 2 fully saturated rings. The summed E-state index contributed by atoms with van der Waals surface area (Å²) in [6, 6.07) is 0. The molecule has 0 unspecified atom stereocenters. The van der Waals surface area contributed by atoms with Gasteiger partial charge in [0, 0.05) is 37.7 Å². The van der Waals surface area contributed by atoms with E-state index in [-0.39, 0.29) is 25.4 Å². The summed E-state index contributed by atoms with van der Waals surface area (Å²) >= 11 is 1.81. The minimum Gasteiger partial charge on any atom is -0.481 e. The van der Waals surface area contributed by atoms with Crippen LogP contribution in [0.1, 0.15) is 27.2 Å². The van der Waals surface area contributed by atoms with Crippen LogP contribution < -0.4 is 0 Å². The van der Waals surface area contributed by atoms with Crippen LogP contribution in [0.2, 0.25) is 0 Å². The molecule has 0 spiro atoms. The van der Waals surface area contributed by atoms with Gasteiger partial charge >= 0.3 is 12.1 Å². The summed E-state index contributed by atoms with van der Waals surface area (Å²) < 4.78 is 5.34. The number of amides is 2. The van der Waals surface area contributed by atoms with Crippen molar-refractivity contribution in [3.8, 4) is 0 Å². The van der Waals surface area contributed by atoms with Crippen molar-refractivity contribution in [2.75, 3.05) is 37.7 Å². The highest BCUT2D eigenvalue weighted by Gasteiger charge is 2.40. The van der Waals surface area contributed by atoms with Gasteiger partial charge in [0.15, 0.2) is 0 Å². The van der Waals surface area contributed by atoms with Crippen LogP contribution in [0.15, 0.2) is 0 Å². The fraction of sp³-hybridized carbons (Fsp3) is 0.812. The van der Waals surface area contributed by atoms with Crippen molar-refractivity contribution in [2.24, 2.45) is 11.8 Å². The Morgan fingerprint density at radius 2 is 1.62 bits per heavy atom. The van der Waals surface area contributed by atoms with Crippen LogP contribution in [0.4, 0.5) is 4.79 Å². The fourth-order valence-electron chi connectivity index (χ4n) is 2.97. The molecule has 2 atom stereocenters. The number of thioether (sulfide) groups is 1. The third-order valence-electron chi connectivity index (χ3n) is 4.12. The molecule has 0 radical (unpaired) electrons. The summed E-state index contributed by atoms with van der Waals surface area (Å²) in [6.07, 6.45) is -0.280. The lowest BCUT2D eigenvalue weighted by atomic mass is 9.88. The Kier molecular flexibility index (Phi) is 6.01. The molecule has 2 heterocycles. The monoisotopic (exact) mass is 358 g/mol. The van der Waals surface area contributed by atoms with E-state index in [0.717, 1.165) is 11.5 Å². The van der Waals surface area contributed by atoms with E-state index in [9.17, 15) is 19.5 Å². The number of aliphatic carboxylic acids is 1. The summed E-state index contributed by atoms with van der Waals surface area (Å²) in [4.78, 5) is 39.6. The number of likely N-dealkylation sites (tertiary alicyclic amines) is 1. The quantitative estimate of drug-likeness (QED) is 0.805. The van der Waals surface area contributed by atoms with E-state index in [0.29, 0.717) is 13.1 Å². The van der Waals surface area contributed by atoms with Gasteiger partial charge in [0.1, 0.15) is 5.60 Å². The van der Waals surface area contributed by atoms with Crippen molar-refractivity contribution in [3.63, 3.8) is 0 Å². The van der Waals surface area contributed by atoms with Crippen LogP contribution in [0.5, 0.6) is 0 Å². The first kappa shape index (κ1) is 18.9. The summed E-state index contributed by atoms with van der Waals surface area (Å²) in [7, 11) is 0. The predicted molar refractivity (Wildman–Crippen MR) is 90.9 cm³/mol. The molecule has 0 aromatic carbocycles. The van der Waals surface area contributed by atoms with Crippen LogP contribution in [0, 0.1) is 11.8 Å².